The first-order valence-corrected chi connectivity index (χ1v) is 5.24. The molecule has 2 aliphatic rings. The van der Waals surface area contributed by atoms with Gasteiger partial charge in [-0.2, -0.15) is 0 Å². The summed E-state index contributed by atoms with van der Waals surface area (Å²) in [5.41, 5.74) is 3.21. The summed E-state index contributed by atoms with van der Waals surface area (Å²) in [4.78, 5) is 0. The van der Waals surface area contributed by atoms with Crippen molar-refractivity contribution < 1.29 is 0 Å². The molecule has 1 fully saturated rings. The van der Waals surface area contributed by atoms with Crippen LogP contribution < -0.4 is 0 Å². The Morgan fingerprint density at radius 3 is 2.55 bits per heavy atom. The predicted molar refractivity (Wildman–Crippen MR) is 51.7 cm³/mol. The lowest BCUT2D eigenvalue weighted by molar-refractivity contribution is 0.710. The maximum atomic E-state index is 3.68. The number of hydrogen-bond donors (Lipinski definition) is 0. The zero-order valence-corrected chi connectivity index (χ0v) is 8.28. The van der Waals surface area contributed by atoms with E-state index in [1.807, 2.05) is 0 Å². The van der Waals surface area contributed by atoms with Crippen LogP contribution in [0.25, 0.3) is 0 Å². The predicted octanol–water partition coefficient (Wildman–Crippen LogP) is 3.93. The fraction of sp³-hybridized carbons (Fsp3) is 0.600. The van der Waals surface area contributed by atoms with Crippen molar-refractivity contribution in [3.63, 3.8) is 0 Å². The fourth-order valence-corrected chi connectivity index (χ4v) is 2.30. The lowest BCUT2D eigenvalue weighted by atomic mass is 9.99. The van der Waals surface area contributed by atoms with Crippen molar-refractivity contribution >= 4 is 15.9 Å². The van der Waals surface area contributed by atoms with E-state index in [0.717, 1.165) is 0 Å². The van der Waals surface area contributed by atoms with Crippen LogP contribution in [-0.2, 0) is 0 Å². The van der Waals surface area contributed by atoms with Crippen LogP contribution in [-0.4, -0.2) is 0 Å². The summed E-state index contributed by atoms with van der Waals surface area (Å²) in [6.45, 7) is 0. The van der Waals surface area contributed by atoms with Gasteiger partial charge in [-0.3, -0.25) is 0 Å². The van der Waals surface area contributed by atoms with Crippen LogP contribution >= 0.6 is 15.9 Å². The minimum Gasteiger partial charge on any atom is -0.0802 e. The van der Waals surface area contributed by atoms with E-state index in [0.29, 0.717) is 0 Å². The number of halogens is 1. The SMILES string of the molecule is BrC(C1=CCCCC1)=C1CC1. The first kappa shape index (κ1) is 7.60. The second kappa shape index (κ2) is 3.14. The first-order chi connectivity index (χ1) is 5.38. The number of rotatable bonds is 1. The third kappa shape index (κ3) is 1.76. The van der Waals surface area contributed by atoms with Crippen molar-refractivity contribution in [2.75, 3.05) is 0 Å². The van der Waals surface area contributed by atoms with Gasteiger partial charge in [0.05, 0.1) is 0 Å². The summed E-state index contributed by atoms with van der Waals surface area (Å²) in [7, 11) is 0. The van der Waals surface area contributed by atoms with Gasteiger partial charge >= 0.3 is 0 Å². The fourth-order valence-electron chi connectivity index (χ4n) is 1.55. The van der Waals surface area contributed by atoms with Crippen LogP contribution in [0.4, 0.5) is 0 Å². The lowest BCUT2D eigenvalue weighted by Gasteiger charge is -2.11. The van der Waals surface area contributed by atoms with Gasteiger partial charge in [0.25, 0.3) is 0 Å². The van der Waals surface area contributed by atoms with Crippen molar-refractivity contribution in [2.45, 2.75) is 38.5 Å². The normalized spacial score (nSPS) is 23.0. The molecule has 0 radical (unpaired) electrons. The molecule has 0 atom stereocenters. The molecule has 0 aromatic carbocycles. The average Bonchev–Trinajstić information content (AvgIpc) is 2.87. The molecule has 0 N–H and O–H groups in total. The first-order valence-electron chi connectivity index (χ1n) is 4.45. The van der Waals surface area contributed by atoms with E-state index in [1.165, 1.54) is 43.0 Å². The molecule has 1 saturated carbocycles. The zero-order valence-electron chi connectivity index (χ0n) is 6.70. The lowest BCUT2D eigenvalue weighted by Crippen LogP contribution is -1.91. The minimum absolute atomic E-state index is 1.29. The highest BCUT2D eigenvalue weighted by atomic mass is 79.9. The molecule has 2 rings (SSSR count). The number of allylic oxidation sites excluding steroid dienone is 4. The Hall–Kier alpha value is -0.0400. The molecule has 0 saturated heterocycles. The van der Waals surface area contributed by atoms with Crippen LogP contribution in [0.3, 0.4) is 0 Å². The molecule has 0 aromatic rings. The maximum absolute atomic E-state index is 3.68. The molecule has 0 aliphatic heterocycles. The monoisotopic (exact) mass is 212 g/mol. The summed E-state index contributed by atoms with van der Waals surface area (Å²) in [6, 6.07) is 0. The maximum Gasteiger partial charge on any atom is 0.0196 e. The Morgan fingerprint density at radius 1 is 1.18 bits per heavy atom. The van der Waals surface area contributed by atoms with Gasteiger partial charge in [-0.25, -0.2) is 0 Å². The Morgan fingerprint density at radius 2 is 2.00 bits per heavy atom. The van der Waals surface area contributed by atoms with Crippen molar-refractivity contribution in [3.8, 4) is 0 Å². The van der Waals surface area contributed by atoms with Gasteiger partial charge in [-0.15, -0.1) is 0 Å². The molecular formula is C10H13Br. The van der Waals surface area contributed by atoms with Crippen molar-refractivity contribution in [1.82, 2.24) is 0 Å². The summed E-state index contributed by atoms with van der Waals surface area (Å²) >= 11 is 3.68. The summed E-state index contributed by atoms with van der Waals surface area (Å²) in [5, 5.41) is 0. The average molecular weight is 213 g/mol. The topological polar surface area (TPSA) is 0 Å². The number of hydrogen-bond acceptors (Lipinski definition) is 0. The summed E-state index contributed by atoms with van der Waals surface area (Å²) in [5.74, 6) is 0. The van der Waals surface area contributed by atoms with Crippen molar-refractivity contribution in [1.29, 1.82) is 0 Å². The van der Waals surface area contributed by atoms with Crippen LogP contribution in [0.5, 0.6) is 0 Å². The third-order valence-electron chi connectivity index (χ3n) is 2.38. The van der Waals surface area contributed by atoms with E-state index < -0.39 is 0 Å². The van der Waals surface area contributed by atoms with Gasteiger partial charge in [0.2, 0.25) is 0 Å². The molecule has 11 heavy (non-hydrogen) atoms. The second-order valence-electron chi connectivity index (χ2n) is 3.39. The molecule has 0 bridgehead atoms. The highest BCUT2D eigenvalue weighted by Gasteiger charge is 2.18. The largest absolute Gasteiger partial charge is 0.0802 e. The van der Waals surface area contributed by atoms with E-state index >= 15 is 0 Å². The zero-order chi connectivity index (χ0) is 7.68. The quantitative estimate of drug-likeness (QED) is 0.619. The smallest absolute Gasteiger partial charge is 0.0196 e. The highest BCUT2D eigenvalue weighted by Crippen LogP contribution is 2.40. The summed E-state index contributed by atoms with van der Waals surface area (Å²) < 4.78 is 1.44. The molecule has 0 nitrogen and oxygen atoms in total. The highest BCUT2D eigenvalue weighted by molar-refractivity contribution is 9.12. The van der Waals surface area contributed by atoms with E-state index in [2.05, 4.69) is 22.0 Å². The van der Waals surface area contributed by atoms with Crippen LogP contribution in [0.2, 0.25) is 0 Å². The molecule has 2 aliphatic carbocycles. The molecule has 0 aromatic heterocycles. The Kier molecular flexibility index (Phi) is 2.17. The Balaban J connectivity index is 2.14. The van der Waals surface area contributed by atoms with Gasteiger partial charge in [-0.05, 0) is 44.1 Å². The van der Waals surface area contributed by atoms with Crippen LogP contribution in [0.15, 0.2) is 21.7 Å². The minimum atomic E-state index is 1.29. The van der Waals surface area contributed by atoms with Gasteiger partial charge in [0, 0.05) is 4.48 Å². The van der Waals surface area contributed by atoms with Crippen LogP contribution in [0, 0.1) is 0 Å². The van der Waals surface area contributed by atoms with E-state index in [4.69, 9.17) is 0 Å². The van der Waals surface area contributed by atoms with Gasteiger partial charge in [-0.1, -0.05) is 27.6 Å². The Bertz CT molecular complexity index is 217. The summed E-state index contributed by atoms with van der Waals surface area (Å²) in [6.07, 6.45) is 10.4. The molecule has 0 amide bonds. The van der Waals surface area contributed by atoms with E-state index in [9.17, 15) is 0 Å². The molecule has 1 heteroatoms. The standard InChI is InChI=1S/C10H13Br/c11-10(9-6-7-9)8-4-2-1-3-5-8/h4H,1-3,5-7H2. The van der Waals surface area contributed by atoms with Crippen LogP contribution in [0.1, 0.15) is 38.5 Å². The molecule has 0 spiro atoms. The van der Waals surface area contributed by atoms with Crippen molar-refractivity contribution in [2.24, 2.45) is 0 Å². The Labute approximate surface area is 76.5 Å². The van der Waals surface area contributed by atoms with Gasteiger partial charge in [0.1, 0.15) is 0 Å². The third-order valence-corrected chi connectivity index (χ3v) is 3.45. The van der Waals surface area contributed by atoms with Crippen molar-refractivity contribution in [3.05, 3.63) is 21.7 Å². The molecular weight excluding hydrogens is 200 g/mol. The molecule has 0 unspecified atom stereocenters. The van der Waals surface area contributed by atoms with E-state index in [-0.39, 0.29) is 0 Å². The molecule has 60 valence electrons. The van der Waals surface area contributed by atoms with Gasteiger partial charge < -0.3 is 0 Å². The van der Waals surface area contributed by atoms with Gasteiger partial charge in [0.15, 0.2) is 0 Å². The molecule has 0 heterocycles. The second-order valence-corrected chi connectivity index (χ2v) is 4.19. The van der Waals surface area contributed by atoms with E-state index in [1.54, 1.807) is 11.1 Å².